The Morgan fingerprint density at radius 3 is 2.93 bits per heavy atom. The fourth-order valence-electron chi connectivity index (χ4n) is 1.54. The van der Waals surface area contributed by atoms with E-state index in [1.54, 1.807) is 13.4 Å². The monoisotopic (exact) mass is 271 g/mol. The summed E-state index contributed by atoms with van der Waals surface area (Å²) < 4.78 is 5.93. The van der Waals surface area contributed by atoms with Crippen molar-refractivity contribution in [1.82, 2.24) is 9.97 Å². The molecule has 1 saturated carbocycles. The molecule has 2 rings (SSSR count). The molecule has 1 aliphatic rings. The summed E-state index contributed by atoms with van der Waals surface area (Å²) in [7, 11) is 1.72. The van der Waals surface area contributed by atoms with Gasteiger partial charge in [-0.2, -0.15) is 0 Å². The maximum Gasteiger partial charge on any atom is 0.133 e. The molecule has 0 aliphatic heterocycles. The topological polar surface area (TPSA) is 38.2 Å². The summed E-state index contributed by atoms with van der Waals surface area (Å²) >= 11 is 3.36. The van der Waals surface area contributed by atoms with Crippen LogP contribution >= 0.6 is 15.9 Å². The van der Waals surface area contributed by atoms with E-state index in [1.807, 2.05) is 6.07 Å². The number of anilines is 1. The Kier molecular flexibility index (Phi) is 3.53. The van der Waals surface area contributed by atoms with Crippen molar-refractivity contribution in [3.05, 3.63) is 17.0 Å². The van der Waals surface area contributed by atoms with Crippen LogP contribution < -0.4 is 4.90 Å². The molecule has 1 fully saturated rings. The van der Waals surface area contributed by atoms with Crippen molar-refractivity contribution in [2.75, 3.05) is 25.2 Å². The second kappa shape index (κ2) is 4.90. The first-order chi connectivity index (χ1) is 7.31. The van der Waals surface area contributed by atoms with Crippen molar-refractivity contribution in [1.29, 1.82) is 0 Å². The molecule has 15 heavy (non-hydrogen) atoms. The molecule has 82 valence electrons. The van der Waals surface area contributed by atoms with E-state index in [9.17, 15) is 0 Å². The largest absolute Gasteiger partial charge is 0.383 e. The molecule has 4 nitrogen and oxygen atoms in total. The Morgan fingerprint density at radius 2 is 2.33 bits per heavy atom. The second-order valence-electron chi connectivity index (χ2n) is 3.62. The molecule has 0 atom stereocenters. The minimum absolute atomic E-state index is 0.641. The fraction of sp³-hybridized carbons (Fsp3) is 0.600. The van der Waals surface area contributed by atoms with E-state index < -0.39 is 0 Å². The van der Waals surface area contributed by atoms with Crippen LogP contribution in [0.15, 0.2) is 17.0 Å². The number of hydrogen-bond donors (Lipinski definition) is 0. The molecule has 1 aromatic rings. The summed E-state index contributed by atoms with van der Waals surface area (Å²) in [6, 6.07) is 2.59. The van der Waals surface area contributed by atoms with Crippen molar-refractivity contribution < 1.29 is 4.74 Å². The van der Waals surface area contributed by atoms with Crippen molar-refractivity contribution in [2.45, 2.75) is 18.9 Å². The molecule has 0 spiro atoms. The highest BCUT2D eigenvalue weighted by Crippen LogP contribution is 2.30. The lowest BCUT2D eigenvalue weighted by Crippen LogP contribution is -2.30. The lowest BCUT2D eigenvalue weighted by atomic mass is 10.4. The van der Waals surface area contributed by atoms with E-state index in [1.165, 1.54) is 12.8 Å². The number of hydrogen-bond acceptors (Lipinski definition) is 4. The van der Waals surface area contributed by atoms with Gasteiger partial charge in [0.15, 0.2) is 0 Å². The zero-order valence-electron chi connectivity index (χ0n) is 8.69. The Morgan fingerprint density at radius 1 is 1.53 bits per heavy atom. The predicted octanol–water partition coefficient (Wildman–Crippen LogP) is 1.85. The maximum atomic E-state index is 5.11. The van der Waals surface area contributed by atoms with Crippen molar-refractivity contribution in [2.24, 2.45) is 0 Å². The van der Waals surface area contributed by atoms with Crippen LogP contribution in [-0.4, -0.2) is 36.3 Å². The summed E-state index contributed by atoms with van der Waals surface area (Å²) in [5, 5.41) is 0. The van der Waals surface area contributed by atoms with Crippen LogP contribution in [-0.2, 0) is 4.74 Å². The third kappa shape index (κ3) is 2.89. The average molecular weight is 272 g/mol. The van der Waals surface area contributed by atoms with Gasteiger partial charge in [0.05, 0.1) is 6.61 Å². The van der Waals surface area contributed by atoms with Crippen LogP contribution in [0.3, 0.4) is 0 Å². The third-order valence-electron chi connectivity index (χ3n) is 2.44. The number of halogens is 1. The molecule has 0 N–H and O–H groups in total. The van der Waals surface area contributed by atoms with Gasteiger partial charge in [0.1, 0.15) is 16.7 Å². The summed E-state index contributed by atoms with van der Waals surface area (Å²) in [6.07, 6.45) is 4.10. The van der Waals surface area contributed by atoms with Crippen LogP contribution in [0.1, 0.15) is 12.8 Å². The van der Waals surface area contributed by atoms with E-state index in [2.05, 4.69) is 30.8 Å². The number of aromatic nitrogens is 2. The zero-order valence-corrected chi connectivity index (χ0v) is 10.3. The van der Waals surface area contributed by atoms with Crippen LogP contribution in [0.25, 0.3) is 0 Å². The van der Waals surface area contributed by atoms with Gasteiger partial charge in [-0.1, -0.05) is 0 Å². The van der Waals surface area contributed by atoms with Gasteiger partial charge in [0, 0.05) is 25.8 Å². The zero-order chi connectivity index (χ0) is 10.7. The highest BCUT2D eigenvalue weighted by atomic mass is 79.9. The van der Waals surface area contributed by atoms with E-state index >= 15 is 0 Å². The standard InChI is InChI=1S/C10H14BrN3O/c1-15-5-4-14(8-2-3-8)10-6-9(11)12-7-13-10/h6-8H,2-5H2,1H3. The molecule has 0 bridgehead atoms. The van der Waals surface area contributed by atoms with Crippen LogP contribution in [0.5, 0.6) is 0 Å². The normalized spacial score (nSPS) is 15.3. The summed E-state index contributed by atoms with van der Waals surface area (Å²) in [6.45, 7) is 1.63. The van der Waals surface area contributed by atoms with Gasteiger partial charge >= 0.3 is 0 Å². The minimum atomic E-state index is 0.641. The van der Waals surface area contributed by atoms with Gasteiger partial charge in [0.25, 0.3) is 0 Å². The Labute approximate surface area is 97.8 Å². The van der Waals surface area contributed by atoms with Crippen LogP contribution in [0, 0.1) is 0 Å². The first-order valence-corrected chi connectivity index (χ1v) is 5.83. The molecule has 1 aromatic heterocycles. The molecule has 1 heterocycles. The number of nitrogens with zero attached hydrogens (tertiary/aromatic N) is 3. The first kappa shape index (κ1) is 10.8. The highest BCUT2D eigenvalue weighted by Gasteiger charge is 2.29. The Bertz CT molecular complexity index is 330. The van der Waals surface area contributed by atoms with Crippen molar-refractivity contribution in [3.63, 3.8) is 0 Å². The minimum Gasteiger partial charge on any atom is -0.383 e. The van der Waals surface area contributed by atoms with Crippen LogP contribution in [0.2, 0.25) is 0 Å². The number of ether oxygens (including phenoxy) is 1. The number of methoxy groups -OCH3 is 1. The van der Waals surface area contributed by atoms with Crippen LogP contribution in [0.4, 0.5) is 5.82 Å². The summed E-state index contributed by atoms with van der Waals surface area (Å²) in [5.41, 5.74) is 0. The molecule has 0 saturated heterocycles. The van der Waals surface area contributed by atoms with E-state index in [0.717, 1.165) is 23.6 Å². The molecule has 0 amide bonds. The molecule has 5 heteroatoms. The third-order valence-corrected chi connectivity index (χ3v) is 2.87. The Balaban J connectivity index is 2.09. The van der Waals surface area contributed by atoms with E-state index in [4.69, 9.17) is 4.74 Å². The SMILES string of the molecule is COCCN(c1cc(Br)ncn1)C1CC1. The van der Waals surface area contributed by atoms with Crippen molar-refractivity contribution in [3.8, 4) is 0 Å². The van der Waals surface area contributed by atoms with Crippen molar-refractivity contribution >= 4 is 21.7 Å². The molecular weight excluding hydrogens is 258 g/mol. The van der Waals surface area contributed by atoms with Gasteiger partial charge < -0.3 is 9.64 Å². The molecular formula is C10H14BrN3O. The molecule has 0 radical (unpaired) electrons. The number of rotatable bonds is 5. The first-order valence-electron chi connectivity index (χ1n) is 5.04. The lowest BCUT2D eigenvalue weighted by Gasteiger charge is -2.22. The fourth-order valence-corrected chi connectivity index (χ4v) is 1.84. The second-order valence-corrected chi connectivity index (χ2v) is 4.43. The molecule has 0 aromatic carbocycles. The Hall–Kier alpha value is -0.680. The van der Waals surface area contributed by atoms with E-state index in [-0.39, 0.29) is 0 Å². The van der Waals surface area contributed by atoms with Gasteiger partial charge in [-0.25, -0.2) is 9.97 Å². The summed E-state index contributed by atoms with van der Waals surface area (Å²) in [5.74, 6) is 0.983. The predicted molar refractivity (Wildman–Crippen MR) is 62.0 cm³/mol. The molecule has 1 aliphatic carbocycles. The quantitative estimate of drug-likeness (QED) is 0.767. The average Bonchev–Trinajstić information content (AvgIpc) is 3.03. The van der Waals surface area contributed by atoms with E-state index in [0.29, 0.717) is 6.04 Å². The maximum absolute atomic E-state index is 5.11. The molecule has 0 unspecified atom stereocenters. The smallest absolute Gasteiger partial charge is 0.133 e. The lowest BCUT2D eigenvalue weighted by molar-refractivity contribution is 0.204. The highest BCUT2D eigenvalue weighted by molar-refractivity contribution is 9.10. The van der Waals surface area contributed by atoms with Gasteiger partial charge in [-0.15, -0.1) is 0 Å². The van der Waals surface area contributed by atoms with Gasteiger partial charge in [-0.05, 0) is 28.8 Å². The van der Waals surface area contributed by atoms with Gasteiger partial charge in [0.2, 0.25) is 0 Å². The van der Waals surface area contributed by atoms with Gasteiger partial charge in [-0.3, -0.25) is 0 Å². The summed E-state index contributed by atoms with van der Waals surface area (Å²) in [4.78, 5) is 10.6.